The van der Waals surface area contributed by atoms with Gasteiger partial charge in [-0.1, -0.05) is 53.4 Å². The second-order valence-corrected chi connectivity index (χ2v) is 8.23. The smallest absolute Gasteiger partial charge is 0.222 e. The first kappa shape index (κ1) is 27.9. The standard InChI is InChI=1S/C22H42N4O4/c1-5-6-7-8-20(14-19(4)22(30)26-12-10-24-16-28)17(2)13-18(3)21(29)25-11-9-23-15-27/h15-20H,5-14H2,1-4H3,(H,23,27)(H,24,28)(H,25,29)(H,26,30). The van der Waals surface area contributed by atoms with Crippen molar-refractivity contribution >= 4 is 24.6 Å². The van der Waals surface area contributed by atoms with E-state index in [1.54, 1.807) is 0 Å². The first-order valence-electron chi connectivity index (χ1n) is 11.3. The number of nitrogens with one attached hydrogen (secondary N) is 4. The number of unbranched alkanes of at least 4 members (excludes halogenated alkanes) is 2. The topological polar surface area (TPSA) is 116 Å². The van der Waals surface area contributed by atoms with E-state index in [-0.39, 0.29) is 23.7 Å². The summed E-state index contributed by atoms with van der Waals surface area (Å²) in [6.07, 6.45) is 7.29. The molecule has 0 aromatic rings. The molecule has 0 aliphatic carbocycles. The molecule has 30 heavy (non-hydrogen) atoms. The summed E-state index contributed by atoms with van der Waals surface area (Å²) in [5.41, 5.74) is 0. The first-order chi connectivity index (χ1) is 14.4. The highest BCUT2D eigenvalue weighted by molar-refractivity contribution is 5.78. The van der Waals surface area contributed by atoms with E-state index in [2.05, 4.69) is 35.1 Å². The Bertz CT molecular complexity index is 502. The van der Waals surface area contributed by atoms with Crippen LogP contribution in [0.2, 0.25) is 0 Å². The summed E-state index contributed by atoms with van der Waals surface area (Å²) < 4.78 is 0. The van der Waals surface area contributed by atoms with Gasteiger partial charge in [-0.05, 0) is 24.7 Å². The Kier molecular flexibility index (Phi) is 16.5. The van der Waals surface area contributed by atoms with Crippen LogP contribution in [0.15, 0.2) is 0 Å². The van der Waals surface area contributed by atoms with Crippen molar-refractivity contribution in [3.05, 3.63) is 0 Å². The molecular weight excluding hydrogens is 384 g/mol. The lowest BCUT2D eigenvalue weighted by atomic mass is 9.78. The maximum Gasteiger partial charge on any atom is 0.222 e. The number of amides is 4. The molecule has 0 aliphatic heterocycles. The van der Waals surface area contributed by atoms with Gasteiger partial charge in [-0.25, -0.2) is 0 Å². The number of carbonyl (C=O) groups excluding carboxylic acids is 4. The van der Waals surface area contributed by atoms with Crippen LogP contribution in [0, 0.1) is 23.7 Å². The zero-order valence-electron chi connectivity index (χ0n) is 19.2. The Hall–Kier alpha value is -2.12. The summed E-state index contributed by atoms with van der Waals surface area (Å²) in [4.78, 5) is 45.2. The largest absolute Gasteiger partial charge is 0.357 e. The highest BCUT2D eigenvalue weighted by Crippen LogP contribution is 2.30. The summed E-state index contributed by atoms with van der Waals surface area (Å²) in [5.74, 6) is 0.455. The Morgan fingerprint density at radius 3 is 1.73 bits per heavy atom. The Morgan fingerprint density at radius 2 is 1.27 bits per heavy atom. The molecule has 8 nitrogen and oxygen atoms in total. The van der Waals surface area contributed by atoms with Crippen LogP contribution < -0.4 is 21.3 Å². The van der Waals surface area contributed by atoms with Crippen LogP contribution in [0.25, 0.3) is 0 Å². The van der Waals surface area contributed by atoms with Crippen LogP contribution >= 0.6 is 0 Å². The minimum Gasteiger partial charge on any atom is -0.357 e. The van der Waals surface area contributed by atoms with Crippen molar-refractivity contribution in [2.45, 2.75) is 66.2 Å². The molecule has 0 rings (SSSR count). The van der Waals surface area contributed by atoms with Crippen molar-refractivity contribution in [2.75, 3.05) is 26.2 Å². The fourth-order valence-electron chi connectivity index (χ4n) is 3.69. The third-order valence-corrected chi connectivity index (χ3v) is 5.56. The second-order valence-electron chi connectivity index (χ2n) is 8.23. The predicted octanol–water partition coefficient (Wildman–Crippen LogP) is 1.60. The van der Waals surface area contributed by atoms with Crippen LogP contribution in [-0.4, -0.2) is 50.8 Å². The van der Waals surface area contributed by atoms with Crippen molar-refractivity contribution in [1.82, 2.24) is 21.3 Å². The molecule has 0 aromatic heterocycles. The Labute approximate surface area is 181 Å². The van der Waals surface area contributed by atoms with Crippen LogP contribution in [0.4, 0.5) is 0 Å². The van der Waals surface area contributed by atoms with E-state index in [1.165, 1.54) is 6.42 Å². The van der Waals surface area contributed by atoms with Gasteiger partial charge >= 0.3 is 0 Å². The molecule has 0 saturated heterocycles. The lowest BCUT2D eigenvalue weighted by Crippen LogP contribution is -2.37. The van der Waals surface area contributed by atoms with Crippen LogP contribution in [-0.2, 0) is 19.2 Å². The van der Waals surface area contributed by atoms with Gasteiger partial charge in [0.1, 0.15) is 0 Å². The van der Waals surface area contributed by atoms with E-state index in [9.17, 15) is 19.2 Å². The van der Waals surface area contributed by atoms with Gasteiger partial charge in [0, 0.05) is 38.0 Å². The molecule has 0 aliphatic rings. The fraction of sp³-hybridized carbons (Fsp3) is 0.818. The van der Waals surface area contributed by atoms with Gasteiger partial charge in [0.25, 0.3) is 0 Å². The predicted molar refractivity (Wildman–Crippen MR) is 119 cm³/mol. The zero-order chi connectivity index (χ0) is 22.8. The first-order valence-corrected chi connectivity index (χ1v) is 11.3. The van der Waals surface area contributed by atoms with Gasteiger partial charge in [-0.2, -0.15) is 0 Å². The number of hydrogen-bond donors (Lipinski definition) is 4. The minimum absolute atomic E-state index is 0.00357. The molecule has 0 saturated carbocycles. The third-order valence-electron chi connectivity index (χ3n) is 5.56. The van der Waals surface area contributed by atoms with Crippen molar-refractivity contribution in [3.8, 4) is 0 Å². The molecular formula is C22H42N4O4. The van der Waals surface area contributed by atoms with E-state index in [0.29, 0.717) is 50.8 Å². The Balaban J connectivity index is 4.67. The highest BCUT2D eigenvalue weighted by Gasteiger charge is 2.26. The third kappa shape index (κ3) is 13.2. The molecule has 0 spiro atoms. The highest BCUT2D eigenvalue weighted by atomic mass is 16.2. The van der Waals surface area contributed by atoms with E-state index < -0.39 is 0 Å². The van der Waals surface area contributed by atoms with Crippen LogP contribution in [0.5, 0.6) is 0 Å². The summed E-state index contributed by atoms with van der Waals surface area (Å²) in [6.45, 7) is 9.91. The number of carbonyl (C=O) groups is 4. The molecule has 4 atom stereocenters. The maximum absolute atomic E-state index is 12.4. The van der Waals surface area contributed by atoms with Gasteiger partial charge in [-0.3, -0.25) is 19.2 Å². The van der Waals surface area contributed by atoms with Crippen molar-refractivity contribution in [3.63, 3.8) is 0 Å². The molecule has 4 unspecified atom stereocenters. The molecule has 4 N–H and O–H groups in total. The molecule has 174 valence electrons. The van der Waals surface area contributed by atoms with E-state index in [1.807, 2.05) is 13.8 Å². The molecule has 0 radical (unpaired) electrons. The van der Waals surface area contributed by atoms with Crippen LogP contribution in [0.3, 0.4) is 0 Å². The monoisotopic (exact) mass is 426 g/mol. The average molecular weight is 427 g/mol. The molecule has 4 amide bonds. The number of rotatable bonds is 19. The van der Waals surface area contributed by atoms with Gasteiger partial charge in [0.2, 0.25) is 24.6 Å². The second kappa shape index (κ2) is 17.7. The maximum atomic E-state index is 12.4. The molecule has 8 heteroatoms. The SMILES string of the molecule is CCCCCC(CC(C)C(=O)NCCNC=O)C(C)CC(C)C(=O)NCCNC=O. The fourth-order valence-corrected chi connectivity index (χ4v) is 3.69. The molecule has 0 bridgehead atoms. The lowest BCUT2D eigenvalue weighted by Gasteiger charge is -2.28. The molecule has 0 aromatic carbocycles. The normalized spacial score (nSPS) is 14.7. The molecule has 0 fully saturated rings. The summed E-state index contributed by atoms with van der Waals surface area (Å²) in [6, 6.07) is 0. The van der Waals surface area contributed by atoms with Crippen molar-refractivity contribution in [2.24, 2.45) is 23.7 Å². The van der Waals surface area contributed by atoms with E-state index in [0.717, 1.165) is 32.1 Å². The van der Waals surface area contributed by atoms with Crippen LogP contribution in [0.1, 0.15) is 66.2 Å². The Morgan fingerprint density at radius 1 is 0.767 bits per heavy atom. The quantitative estimate of drug-likeness (QED) is 0.185. The number of hydrogen-bond acceptors (Lipinski definition) is 4. The van der Waals surface area contributed by atoms with Crippen molar-refractivity contribution in [1.29, 1.82) is 0 Å². The summed E-state index contributed by atoms with van der Waals surface area (Å²) in [5, 5.41) is 10.8. The van der Waals surface area contributed by atoms with Gasteiger partial charge in [0.05, 0.1) is 0 Å². The van der Waals surface area contributed by atoms with Gasteiger partial charge in [-0.15, -0.1) is 0 Å². The summed E-state index contributed by atoms with van der Waals surface area (Å²) >= 11 is 0. The zero-order valence-corrected chi connectivity index (χ0v) is 19.2. The van der Waals surface area contributed by atoms with E-state index in [4.69, 9.17) is 0 Å². The van der Waals surface area contributed by atoms with Crippen molar-refractivity contribution < 1.29 is 19.2 Å². The van der Waals surface area contributed by atoms with E-state index >= 15 is 0 Å². The summed E-state index contributed by atoms with van der Waals surface area (Å²) in [7, 11) is 0. The minimum atomic E-state index is -0.122. The van der Waals surface area contributed by atoms with Gasteiger partial charge < -0.3 is 21.3 Å². The lowest BCUT2D eigenvalue weighted by molar-refractivity contribution is -0.126. The van der Waals surface area contributed by atoms with Gasteiger partial charge in [0.15, 0.2) is 0 Å². The average Bonchev–Trinajstić information content (AvgIpc) is 2.73. The molecule has 0 heterocycles.